The molecule has 0 N–H and O–H groups in total. The van der Waals surface area contributed by atoms with Crippen molar-refractivity contribution in [3.05, 3.63) is 60.8 Å². The van der Waals surface area contributed by atoms with Crippen molar-refractivity contribution < 1.29 is 0 Å². The summed E-state index contributed by atoms with van der Waals surface area (Å²) in [6.45, 7) is 1.98. The second kappa shape index (κ2) is 4.41. The Morgan fingerprint density at radius 1 is 1.06 bits per heavy atom. The van der Waals surface area contributed by atoms with Gasteiger partial charge in [-0.3, -0.25) is 0 Å². The second-order valence-corrected chi connectivity index (χ2v) is 4.00. The Balaban J connectivity index is 2.07. The fraction of sp³-hybridized carbons (Fsp3) is 0.0714. The van der Waals surface area contributed by atoms with Crippen molar-refractivity contribution >= 4 is 0 Å². The summed E-state index contributed by atoms with van der Waals surface area (Å²) in [5.41, 5.74) is 3.92. The number of hydrogen-bond donors (Lipinski definition) is 0. The summed E-state index contributed by atoms with van der Waals surface area (Å²) in [4.78, 5) is 8.18. The summed E-state index contributed by atoms with van der Waals surface area (Å²) < 4.78 is 1.87. The van der Waals surface area contributed by atoms with Gasteiger partial charge in [-0.25, -0.2) is 14.6 Å². The van der Waals surface area contributed by atoms with Gasteiger partial charge in [-0.1, -0.05) is 18.2 Å². The summed E-state index contributed by atoms with van der Waals surface area (Å²) >= 11 is 0. The molecular weight excluding hydrogens is 224 g/mol. The van der Waals surface area contributed by atoms with E-state index in [0.717, 1.165) is 22.6 Å². The number of aryl methyl sites for hydroxylation is 1. The third-order valence-corrected chi connectivity index (χ3v) is 2.78. The van der Waals surface area contributed by atoms with E-state index < -0.39 is 0 Å². The van der Waals surface area contributed by atoms with E-state index in [1.807, 2.05) is 54.2 Å². The number of para-hydroxylation sites is 1. The maximum Gasteiger partial charge on any atom is 0.116 e. The van der Waals surface area contributed by atoms with Crippen LogP contribution in [0.5, 0.6) is 0 Å². The lowest BCUT2D eigenvalue weighted by Crippen LogP contribution is -1.93. The van der Waals surface area contributed by atoms with E-state index in [1.165, 1.54) is 0 Å². The fourth-order valence-corrected chi connectivity index (χ4v) is 1.87. The van der Waals surface area contributed by atoms with Gasteiger partial charge in [-0.05, 0) is 25.1 Å². The molecule has 0 fully saturated rings. The molecule has 0 aliphatic heterocycles. The normalized spacial score (nSPS) is 10.5. The molecule has 0 unspecified atom stereocenters. The summed E-state index contributed by atoms with van der Waals surface area (Å²) in [7, 11) is 0. The van der Waals surface area contributed by atoms with Gasteiger partial charge < -0.3 is 0 Å². The van der Waals surface area contributed by atoms with Crippen LogP contribution in [-0.2, 0) is 0 Å². The first-order valence-electron chi connectivity index (χ1n) is 5.72. The highest BCUT2D eigenvalue weighted by atomic mass is 15.3. The molecule has 0 spiro atoms. The fourth-order valence-electron chi connectivity index (χ4n) is 1.87. The molecule has 0 aliphatic carbocycles. The van der Waals surface area contributed by atoms with Crippen molar-refractivity contribution in [2.45, 2.75) is 6.92 Å². The minimum Gasteiger partial charge on any atom is -0.245 e. The minimum absolute atomic E-state index is 0.893. The number of benzene rings is 1. The Bertz CT molecular complexity index is 644. The van der Waals surface area contributed by atoms with Gasteiger partial charge in [0.1, 0.15) is 6.33 Å². The quantitative estimate of drug-likeness (QED) is 0.687. The monoisotopic (exact) mass is 236 g/mol. The van der Waals surface area contributed by atoms with Crippen LogP contribution in [0.15, 0.2) is 55.1 Å². The SMILES string of the molecule is Cc1nn(-c2ccccc2)cc1-c1ccncn1. The first-order chi connectivity index (χ1) is 8.84. The summed E-state index contributed by atoms with van der Waals surface area (Å²) in [5.74, 6) is 0. The molecule has 1 aromatic carbocycles. The van der Waals surface area contributed by atoms with Crippen molar-refractivity contribution in [2.75, 3.05) is 0 Å². The zero-order valence-corrected chi connectivity index (χ0v) is 9.99. The molecule has 4 heteroatoms. The van der Waals surface area contributed by atoms with Gasteiger partial charge in [0.2, 0.25) is 0 Å². The van der Waals surface area contributed by atoms with Gasteiger partial charge in [0, 0.05) is 18.0 Å². The number of hydrogen-bond acceptors (Lipinski definition) is 3. The molecule has 3 rings (SSSR count). The molecule has 2 heterocycles. The first-order valence-corrected chi connectivity index (χ1v) is 5.72. The van der Waals surface area contributed by atoms with E-state index in [1.54, 1.807) is 12.5 Å². The number of rotatable bonds is 2. The maximum absolute atomic E-state index is 4.51. The van der Waals surface area contributed by atoms with Crippen molar-refractivity contribution in [1.29, 1.82) is 0 Å². The maximum atomic E-state index is 4.51. The van der Waals surface area contributed by atoms with Gasteiger partial charge in [0.15, 0.2) is 0 Å². The van der Waals surface area contributed by atoms with E-state index in [0.29, 0.717) is 0 Å². The van der Waals surface area contributed by atoms with E-state index >= 15 is 0 Å². The number of nitrogens with zero attached hydrogens (tertiary/aromatic N) is 4. The van der Waals surface area contributed by atoms with Crippen LogP contribution in [0.3, 0.4) is 0 Å². The molecule has 3 aromatic rings. The van der Waals surface area contributed by atoms with E-state index in [2.05, 4.69) is 15.1 Å². The second-order valence-electron chi connectivity index (χ2n) is 4.00. The highest BCUT2D eigenvalue weighted by Crippen LogP contribution is 2.21. The molecule has 0 atom stereocenters. The summed E-state index contributed by atoms with van der Waals surface area (Å²) in [6, 6.07) is 11.9. The largest absolute Gasteiger partial charge is 0.245 e. The van der Waals surface area contributed by atoms with Crippen molar-refractivity contribution in [1.82, 2.24) is 19.7 Å². The Hall–Kier alpha value is -2.49. The lowest BCUT2D eigenvalue weighted by molar-refractivity contribution is 0.863. The lowest BCUT2D eigenvalue weighted by atomic mass is 10.2. The molecule has 4 nitrogen and oxygen atoms in total. The molecule has 18 heavy (non-hydrogen) atoms. The van der Waals surface area contributed by atoms with Crippen LogP contribution < -0.4 is 0 Å². The first kappa shape index (κ1) is 10.7. The van der Waals surface area contributed by atoms with E-state index in [4.69, 9.17) is 0 Å². The van der Waals surface area contributed by atoms with Crippen LogP contribution in [0, 0.1) is 6.92 Å². The van der Waals surface area contributed by atoms with Crippen LogP contribution >= 0.6 is 0 Å². The van der Waals surface area contributed by atoms with Crippen LogP contribution in [0.1, 0.15) is 5.69 Å². The summed E-state index contributed by atoms with van der Waals surface area (Å²) in [6.07, 6.45) is 5.28. The Morgan fingerprint density at radius 3 is 2.61 bits per heavy atom. The van der Waals surface area contributed by atoms with Gasteiger partial charge >= 0.3 is 0 Å². The predicted octanol–water partition coefficient (Wildman–Crippen LogP) is 2.64. The average molecular weight is 236 g/mol. The van der Waals surface area contributed by atoms with E-state index in [9.17, 15) is 0 Å². The predicted molar refractivity (Wildman–Crippen MR) is 69.3 cm³/mol. The minimum atomic E-state index is 0.893. The highest BCUT2D eigenvalue weighted by Gasteiger charge is 2.08. The molecule has 0 saturated carbocycles. The highest BCUT2D eigenvalue weighted by molar-refractivity contribution is 5.61. The summed E-state index contributed by atoms with van der Waals surface area (Å²) in [5, 5.41) is 4.51. The van der Waals surface area contributed by atoms with Gasteiger partial charge in [-0.15, -0.1) is 0 Å². The molecule has 0 radical (unpaired) electrons. The van der Waals surface area contributed by atoms with Gasteiger partial charge in [0.25, 0.3) is 0 Å². The molecule has 0 amide bonds. The van der Waals surface area contributed by atoms with Crippen LogP contribution in [-0.4, -0.2) is 19.7 Å². The Morgan fingerprint density at radius 2 is 1.89 bits per heavy atom. The topological polar surface area (TPSA) is 43.6 Å². The third-order valence-electron chi connectivity index (χ3n) is 2.78. The zero-order valence-electron chi connectivity index (χ0n) is 9.99. The van der Waals surface area contributed by atoms with Crippen LogP contribution in [0.25, 0.3) is 16.9 Å². The van der Waals surface area contributed by atoms with Crippen molar-refractivity contribution in [2.24, 2.45) is 0 Å². The Labute approximate surface area is 105 Å². The standard InChI is InChI=1S/C14H12N4/c1-11-13(14-7-8-15-10-16-14)9-18(17-11)12-5-3-2-4-6-12/h2-10H,1H3. The van der Waals surface area contributed by atoms with E-state index in [-0.39, 0.29) is 0 Å². The zero-order chi connectivity index (χ0) is 12.4. The molecule has 0 saturated heterocycles. The number of aromatic nitrogens is 4. The molecule has 0 bridgehead atoms. The average Bonchev–Trinajstić information content (AvgIpc) is 2.83. The van der Waals surface area contributed by atoms with Gasteiger partial charge in [0.05, 0.1) is 17.1 Å². The molecule has 2 aromatic heterocycles. The van der Waals surface area contributed by atoms with Gasteiger partial charge in [-0.2, -0.15) is 5.10 Å². The molecular formula is C14H12N4. The Kier molecular flexibility index (Phi) is 2.61. The molecule has 0 aliphatic rings. The molecule has 88 valence electrons. The third kappa shape index (κ3) is 1.88. The lowest BCUT2D eigenvalue weighted by Gasteiger charge is -1.98. The van der Waals surface area contributed by atoms with Crippen LogP contribution in [0.4, 0.5) is 0 Å². The van der Waals surface area contributed by atoms with Crippen LogP contribution in [0.2, 0.25) is 0 Å². The van der Waals surface area contributed by atoms with Crippen molar-refractivity contribution in [3.63, 3.8) is 0 Å². The smallest absolute Gasteiger partial charge is 0.116 e. The van der Waals surface area contributed by atoms with Crippen molar-refractivity contribution in [3.8, 4) is 16.9 Å².